The standard InChI is InChI=1S/C16H25NO2/c1-13(19)14-7-9-16(10-8-14)17(11-12-18)15-5-3-2-4-6-15/h7-10,13,15,18-19H,2-6,11-12H2,1H3/t13-/m1/s1. The summed E-state index contributed by atoms with van der Waals surface area (Å²) in [4.78, 5) is 2.32. The quantitative estimate of drug-likeness (QED) is 0.858. The van der Waals surface area contributed by atoms with Crippen molar-refractivity contribution in [2.45, 2.75) is 51.2 Å². The lowest BCUT2D eigenvalue weighted by atomic mass is 9.93. The zero-order valence-corrected chi connectivity index (χ0v) is 11.8. The lowest BCUT2D eigenvalue weighted by molar-refractivity contribution is 0.199. The normalized spacial score (nSPS) is 18.3. The Morgan fingerprint density at radius 1 is 1.16 bits per heavy atom. The van der Waals surface area contributed by atoms with E-state index >= 15 is 0 Å². The van der Waals surface area contributed by atoms with Crippen molar-refractivity contribution in [3.8, 4) is 0 Å². The van der Waals surface area contributed by atoms with E-state index in [1.54, 1.807) is 6.92 Å². The molecule has 0 radical (unpaired) electrons. The van der Waals surface area contributed by atoms with E-state index in [1.807, 2.05) is 12.1 Å². The summed E-state index contributed by atoms with van der Waals surface area (Å²) in [5.41, 5.74) is 2.10. The van der Waals surface area contributed by atoms with Gasteiger partial charge in [-0.3, -0.25) is 0 Å². The SMILES string of the molecule is C[C@@H](O)c1ccc(N(CCO)C2CCCCC2)cc1. The van der Waals surface area contributed by atoms with Crippen molar-refractivity contribution < 1.29 is 10.2 Å². The van der Waals surface area contributed by atoms with Crippen LogP contribution in [0.25, 0.3) is 0 Å². The van der Waals surface area contributed by atoms with Crippen LogP contribution in [0.15, 0.2) is 24.3 Å². The predicted molar refractivity (Wildman–Crippen MR) is 78.4 cm³/mol. The molecule has 1 aliphatic rings. The molecule has 106 valence electrons. The maximum absolute atomic E-state index is 9.55. The van der Waals surface area contributed by atoms with Crippen LogP contribution in [0, 0.1) is 0 Å². The van der Waals surface area contributed by atoms with E-state index in [4.69, 9.17) is 0 Å². The average molecular weight is 263 g/mol. The molecule has 2 N–H and O–H groups in total. The number of anilines is 1. The molecule has 1 aliphatic carbocycles. The van der Waals surface area contributed by atoms with Crippen LogP contribution in [0.3, 0.4) is 0 Å². The zero-order valence-electron chi connectivity index (χ0n) is 11.8. The van der Waals surface area contributed by atoms with Crippen molar-refractivity contribution in [2.75, 3.05) is 18.1 Å². The number of aliphatic hydroxyl groups is 2. The molecule has 0 unspecified atom stereocenters. The number of aliphatic hydroxyl groups excluding tert-OH is 2. The van der Waals surface area contributed by atoms with Crippen LogP contribution >= 0.6 is 0 Å². The van der Waals surface area contributed by atoms with E-state index in [1.165, 1.54) is 32.1 Å². The Hall–Kier alpha value is -1.06. The molecule has 0 saturated heterocycles. The summed E-state index contributed by atoms with van der Waals surface area (Å²) in [5.74, 6) is 0. The summed E-state index contributed by atoms with van der Waals surface area (Å²) >= 11 is 0. The van der Waals surface area contributed by atoms with Crippen LogP contribution in [-0.4, -0.2) is 29.4 Å². The Kier molecular flexibility index (Phi) is 5.23. The molecule has 3 heteroatoms. The van der Waals surface area contributed by atoms with Crippen molar-refractivity contribution in [1.29, 1.82) is 0 Å². The Bertz CT molecular complexity index is 369. The molecular formula is C16H25NO2. The van der Waals surface area contributed by atoms with Gasteiger partial charge >= 0.3 is 0 Å². The summed E-state index contributed by atoms with van der Waals surface area (Å²) in [6.45, 7) is 2.66. The van der Waals surface area contributed by atoms with Gasteiger partial charge in [0.05, 0.1) is 12.7 Å². The molecule has 1 aromatic carbocycles. The van der Waals surface area contributed by atoms with Gasteiger partial charge in [0.1, 0.15) is 0 Å². The zero-order chi connectivity index (χ0) is 13.7. The molecule has 3 nitrogen and oxygen atoms in total. The summed E-state index contributed by atoms with van der Waals surface area (Å²) in [7, 11) is 0. The van der Waals surface area contributed by atoms with Gasteiger partial charge in [0, 0.05) is 18.3 Å². The smallest absolute Gasteiger partial charge is 0.0761 e. The van der Waals surface area contributed by atoms with Gasteiger partial charge in [-0.2, -0.15) is 0 Å². The summed E-state index contributed by atoms with van der Waals surface area (Å²) in [6.07, 6.45) is 5.94. The van der Waals surface area contributed by atoms with E-state index in [9.17, 15) is 10.2 Å². The maximum Gasteiger partial charge on any atom is 0.0761 e. The van der Waals surface area contributed by atoms with E-state index in [0.29, 0.717) is 12.6 Å². The molecule has 19 heavy (non-hydrogen) atoms. The first-order valence-electron chi connectivity index (χ1n) is 7.38. The number of rotatable bonds is 5. The van der Waals surface area contributed by atoms with Gasteiger partial charge in [-0.1, -0.05) is 31.4 Å². The van der Waals surface area contributed by atoms with Crippen LogP contribution in [0.1, 0.15) is 50.7 Å². The minimum Gasteiger partial charge on any atom is -0.395 e. The monoisotopic (exact) mass is 263 g/mol. The highest BCUT2D eigenvalue weighted by molar-refractivity contribution is 5.49. The van der Waals surface area contributed by atoms with Crippen LogP contribution < -0.4 is 4.90 Å². The molecular weight excluding hydrogens is 238 g/mol. The molecule has 0 aromatic heterocycles. The topological polar surface area (TPSA) is 43.7 Å². The van der Waals surface area contributed by atoms with E-state index < -0.39 is 6.10 Å². The number of nitrogens with zero attached hydrogens (tertiary/aromatic N) is 1. The Morgan fingerprint density at radius 2 is 1.79 bits per heavy atom. The first-order chi connectivity index (χ1) is 9.22. The Labute approximate surface area is 115 Å². The van der Waals surface area contributed by atoms with Gasteiger partial charge in [0.25, 0.3) is 0 Å². The predicted octanol–water partition coefficient (Wildman–Crippen LogP) is 2.87. The third-order valence-corrected chi connectivity index (χ3v) is 4.06. The van der Waals surface area contributed by atoms with Gasteiger partial charge in [-0.25, -0.2) is 0 Å². The minimum atomic E-state index is -0.421. The molecule has 0 heterocycles. The maximum atomic E-state index is 9.55. The van der Waals surface area contributed by atoms with Crippen molar-refractivity contribution in [3.05, 3.63) is 29.8 Å². The third-order valence-electron chi connectivity index (χ3n) is 4.06. The molecule has 1 aromatic rings. The van der Waals surface area contributed by atoms with E-state index in [0.717, 1.165) is 11.3 Å². The molecule has 2 rings (SSSR count). The second-order valence-electron chi connectivity index (χ2n) is 5.48. The van der Waals surface area contributed by atoms with E-state index in [2.05, 4.69) is 17.0 Å². The fourth-order valence-corrected chi connectivity index (χ4v) is 2.97. The van der Waals surface area contributed by atoms with Crippen LogP contribution in [0.5, 0.6) is 0 Å². The lowest BCUT2D eigenvalue weighted by Crippen LogP contribution is -2.38. The van der Waals surface area contributed by atoms with Crippen LogP contribution in [0.2, 0.25) is 0 Å². The number of hydrogen-bond donors (Lipinski definition) is 2. The Morgan fingerprint density at radius 3 is 2.32 bits per heavy atom. The first kappa shape index (κ1) is 14.4. The molecule has 0 bridgehead atoms. The van der Waals surface area contributed by atoms with Crippen LogP contribution in [-0.2, 0) is 0 Å². The average Bonchev–Trinajstić information content (AvgIpc) is 2.46. The van der Waals surface area contributed by atoms with Gasteiger partial charge in [-0.05, 0) is 37.5 Å². The highest BCUT2D eigenvalue weighted by atomic mass is 16.3. The van der Waals surface area contributed by atoms with Crippen molar-refractivity contribution in [3.63, 3.8) is 0 Å². The highest BCUT2D eigenvalue weighted by Crippen LogP contribution is 2.28. The van der Waals surface area contributed by atoms with Gasteiger partial charge in [0.15, 0.2) is 0 Å². The van der Waals surface area contributed by atoms with E-state index in [-0.39, 0.29) is 6.61 Å². The lowest BCUT2D eigenvalue weighted by Gasteiger charge is -2.36. The molecule has 0 amide bonds. The minimum absolute atomic E-state index is 0.189. The summed E-state index contributed by atoms with van der Waals surface area (Å²) in [5, 5.41) is 18.8. The molecule has 1 saturated carbocycles. The highest BCUT2D eigenvalue weighted by Gasteiger charge is 2.21. The molecule has 1 fully saturated rings. The van der Waals surface area contributed by atoms with Crippen molar-refractivity contribution >= 4 is 5.69 Å². The molecule has 0 spiro atoms. The van der Waals surface area contributed by atoms with Crippen LogP contribution in [0.4, 0.5) is 5.69 Å². The second kappa shape index (κ2) is 6.92. The fourth-order valence-electron chi connectivity index (χ4n) is 2.97. The number of benzene rings is 1. The Balaban J connectivity index is 2.13. The summed E-state index contributed by atoms with van der Waals surface area (Å²) in [6, 6.07) is 8.64. The first-order valence-corrected chi connectivity index (χ1v) is 7.38. The molecule has 1 atom stereocenters. The summed E-state index contributed by atoms with van der Waals surface area (Å²) < 4.78 is 0. The van der Waals surface area contributed by atoms with Gasteiger partial charge in [0.2, 0.25) is 0 Å². The largest absolute Gasteiger partial charge is 0.395 e. The fraction of sp³-hybridized carbons (Fsp3) is 0.625. The van der Waals surface area contributed by atoms with Crippen molar-refractivity contribution in [2.24, 2.45) is 0 Å². The number of hydrogen-bond acceptors (Lipinski definition) is 3. The third kappa shape index (κ3) is 3.71. The second-order valence-corrected chi connectivity index (χ2v) is 5.48. The van der Waals surface area contributed by atoms with Gasteiger partial charge < -0.3 is 15.1 Å². The van der Waals surface area contributed by atoms with Gasteiger partial charge in [-0.15, -0.1) is 0 Å². The molecule has 0 aliphatic heterocycles. The van der Waals surface area contributed by atoms with Crippen molar-refractivity contribution in [1.82, 2.24) is 0 Å².